The zero-order valence-corrected chi connectivity index (χ0v) is 20.1. The first-order valence-corrected chi connectivity index (χ1v) is 16.3. The second kappa shape index (κ2) is 7.73. The molecule has 0 bridgehead atoms. The Balaban J connectivity index is 2.73. The van der Waals surface area contributed by atoms with Gasteiger partial charge in [-0.3, -0.25) is 0 Å². The van der Waals surface area contributed by atoms with Gasteiger partial charge in [-0.2, -0.15) is 0 Å². The molecule has 0 atom stereocenters. The SMILES string of the molecule is CS(=O)(=O)c1cc(Pc2cc(S(C)(=O)=O)cc(S(C)(=O)=O)c2)cc(S(C)(=O)=O)c1. The van der Waals surface area contributed by atoms with Gasteiger partial charge in [-0.1, -0.05) is 8.58 Å². The van der Waals surface area contributed by atoms with E-state index in [1.165, 1.54) is 24.3 Å². The standard InChI is InChI=1S/C16H19O8PS4/c1-26(17,18)13-5-11(6-14(9-13)27(2,19)20)25-12-7-15(28(3,21)22)10-16(8-12)29(4,23)24/h5-10,25H,1-4H3. The lowest BCUT2D eigenvalue weighted by atomic mass is 10.3. The third-order valence-electron chi connectivity index (χ3n) is 3.76. The van der Waals surface area contributed by atoms with Crippen LogP contribution in [0.1, 0.15) is 0 Å². The Bertz CT molecular complexity index is 1200. The minimum atomic E-state index is -3.71. The normalized spacial score (nSPS) is 13.4. The van der Waals surface area contributed by atoms with Crippen LogP contribution in [0, 0.1) is 0 Å². The highest BCUT2D eigenvalue weighted by Crippen LogP contribution is 2.23. The van der Waals surface area contributed by atoms with Crippen molar-refractivity contribution < 1.29 is 33.7 Å². The molecular formula is C16H19O8PS4. The number of sulfone groups is 4. The van der Waals surface area contributed by atoms with Crippen LogP contribution in [0.15, 0.2) is 56.0 Å². The molecule has 0 N–H and O–H groups in total. The Morgan fingerprint density at radius 3 is 0.828 bits per heavy atom. The molecule has 0 heterocycles. The molecule has 0 saturated heterocycles. The first kappa shape index (κ1) is 23.9. The average Bonchev–Trinajstić information content (AvgIpc) is 2.51. The van der Waals surface area contributed by atoms with Gasteiger partial charge in [0.15, 0.2) is 39.3 Å². The molecule has 8 nitrogen and oxygen atoms in total. The maximum Gasteiger partial charge on any atom is 0.175 e. The van der Waals surface area contributed by atoms with Crippen LogP contribution in [0.5, 0.6) is 0 Å². The third-order valence-corrected chi connectivity index (χ3v) is 9.28. The molecular weight excluding hydrogens is 479 g/mol. The Hall–Kier alpha value is -1.33. The van der Waals surface area contributed by atoms with Gasteiger partial charge in [0, 0.05) is 25.0 Å². The molecule has 0 aromatic heterocycles. The summed E-state index contributed by atoms with van der Waals surface area (Å²) < 4.78 is 95.5. The van der Waals surface area contributed by atoms with Crippen LogP contribution in [0.25, 0.3) is 0 Å². The van der Waals surface area contributed by atoms with Crippen molar-refractivity contribution in [3.63, 3.8) is 0 Å². The highest BCUT2D eigenvalue weighted by molar-refractivity contribution is 7.92. The highest BCUT2D eigenvalue weighted by Gasteiger charge is 2.18. The highest BCUT2D eigenvalue weighted by atomic mass is 32.2. The van der Waals surface area contributed by atoms with Gasteiger partial charge in [0.1, 0.15) is 0 Å². The number of hydrogen-bond acceptors (Lipinski definition) is 8. The van der Waals surface area contributed by atoms with Gasteiger partial charge in [0.2, 0.25) is 0 Å². The van der Waals surface area contributed by atoms with Crippen molar-refractivity contribution in [3.05, 3.63) is 36.4 Å². The Labute approximate surface area is 172 Å². The summed E-state index contributed by atoms with van der Waals surface area (Å²) in [7, 11) is -15.2. The van der Waals surface area contributed by atoms with Crippen LogP contribution in [-0.4, -0.2) is 58.7 Å². The van der Waals surface area contributed by atoms with Crippen LogP contribution in [0.2, 0.25) is 0 Å². The van der Waals surface area contributed by atoms with Crippen LogP contribution < -0.4 is 10.6 Å². The monoisotopic (exact) mass is 498 g/mol. The van der Waals surface area contributed by atoms with Gasteiger partial charge in [-0.25, -0.2) is 33.7 Å². The van der Waals surface area contributed by atoms with Crippen molar-refractivity contribution in [2.24, 2.45) is 0 Å². The van der Waals surface area contributed by atoms with E-state index in [0.29, 0.717) is 10.6 Å². The second-order valence-electron chi connectivity index (χ2n) is 6.60. The molecule has 0 saturated carbocycles. The van der Waals surface area contributed by atoms with Gasteiger partial charge in [0.25, 0.3) is 0 Å². The van der Waals surface area contributed by atoms with E-state index in [0.717, 1.165) is 37.2 Å². The predicted octanol–water partition coefficient (Wildman–Crippen LogP) is -0.0701. The Morgan fingerprint density at radius 2 is 0.655 bits per heavy atom. The molecule has 0 spiro atoms. The third kappa shape index (κ3) is 6.32. The van der Waals surface area contributed by atoms with Gasteiger partial charge in [-0.05, 0) is 47.0 Å². The molecule has 0 amide bonds. The van der Waals surface area contributed by atoms with E-state index in [4.69, 9.17) is 0 Å². The minimum absolute atomic E-state index is 0.203. The number of rotatable bonds is 6. The van der Waals surface area contributed by atoms with Crippen molar-refractivity contribution in [1.82, 2.24) is 0 Å². The summed E-state index contributed by atoms with van der Waals surface area (Å²) in [6, 6.07) is 7.25. The lowest BCUT2D eigenvalue weighted by Crippen LogP contribution is -2.13. The fourth-order valence-corrected chi connectivity index (χ4v) is 6.85. The van der Waals surface area contributed by atoms with E-state index in [1.807, 2.05) is 0 Å². The zero-order chi connectivity index (χ0) is 22.4. The van der Waals surface area contributed by atoms with Gasteiger partial charge >= 0.3 is 0 Å². The quantitative estimate of drug-likeness (QED) is 0.505. The molecule has 0 unspecified atom stereocenters. The van der Waals surface area contributed by atoms with E-state index in [-0.39, 0.29) is 28.2 Å². The predicted molar refractivity (Wildman–Crippen MR) is 113 cm³/mol. The summed E-state index contributed by atoms with van der Waals surface area (Å²) in [5.74, 6) is 0. The van der Waals surface area contributed by atoms with E-state index >= 15 is 0 Å². The molecule has 29 heavy (non-hydrogen) atoms. The summed E-state index contributed by atoms with van der Waals surface area (Å²) in [4.78, 5) is -0.813. The number of hydrogen-bond donors (Lipinski definition) is 0. The molecule has 2 aromatic rings. The maximum absolute atomic E-state index is 11.9. The van der Waals surface area contributed by atoms with E-state index < -0.39 is 39.3 Å². The maximum atomic E-state index is 11.9. The smallest absolute Gasteiger partial charge is 0.175 e. The largest absolute Gasteiger partial charge is 0.224 e. The minimum Gasteiger partial charge on any atom is -0.224 e. The summed E-state index contributed by atoms with van der Waals surface area (Å²) in [6.07, 6.45) is 3.75. The first-order valence-electron chi connectivity index (χ1n) is 7.75. The van der Waals surface area contributed by atoms with E-state index in [2.05, 4.69) is 0 Å². The van der Waals surface area contributed by atoms with Crippen LogP contribution in [0.3, 0.4) is 0 Å². The molecule has 2 aromatic carbocycles. The molecule has 2 rings (SSSR count). The first-order chi connectivity index (χ1) is 12.9. The molecule has 13 heteroatoms. The van der Waals surface area contributed by atoms with Crippen molar-refractivity contribution in [2.75, 3.05) is 25.0 Å². The lowest BCUT2D eigenvalue weighted by Gasteiger charge is -2.11. The molecule has 0 aliphatic heterocycles. The van der Waals surface area contributed by atoms with Crippen LogP contribution in [0.4, 0.5) is 0 Å². The lowest BCUT2D eigenvalue weighted by molar-refractivity contribution is 0.597. The molecule has 160 valence electrons. The molecule has 0 aliphatic carbocycles. The fourth-order valence-electron chi connectivity index (χ4n) is 2.31. The summed E-state index contributed by atoms with van der Waals surface area (Å²) >= 11 is 0. The summed E-state index contributed by atoms with van der Waals surface area (Å²) in [6.45, 7) is 0. The fraction of sp³-hybridized carbons (Fsp3) is 0.250. The summed E-state index contributed by atoms with van der Waals surface area (Å²) in [5, 5.41) is 0.608. The summed E-state index contributed by atoms with van der Waals surface area (Å²) in [5.41, 5.74) is 0. The van der Waals surface area contributed by atoms with Gasteiger partial charge in [-0.15, -0.1) is 0 Å². The van der Waals surface area contributed by atoms with Gasteiger partial charge < -0.3 is 0 Å². The average molecular weight is 499 g/mol. The topological polar surface area (TPSA) is 137 Å². The molecule has 0 radical (unpaired) electrons. The van der Waals surface area contributed by atoms with Crippen molar-refractivity contribution in [3.8, 4) is 0 Å². The number of benzene rings is 2. The Kier molecular flexibility index (Phi) is 6.39. The zero-order valence-electron chi connectivity index (χ0n) is 15.9. The van der Waals surface area contributed by atoms with Crippen LogP contribution in [-0.2, 0) is 39.3 Å². The van der Waals surface area contributed by atoms with Gasteiger partial charge in [0.05, 0.1) is 19.6 Å². The van der Waals surface area contributed by atoms with E-state index in [1.54, 1.807) is 0 Å². The Morgan fingerprint density at radius 1 is 0.448 bits per heavy atom. The molecule has 0 aliphatic rings. The van der Waals surface area contributed by atoms with Crippen molar-refractivity contribution >= 4 is 58.5 Å². The van der Waals surface area contributed by atoms with Crippen molar-refractivity contribution in [2.45, 2.75) is 19.6 Å². The van der Waals surface area contributed by atoms with Crippen molar-refractivity contribution in [1.29, 1.82) is 0 Å². The molecule has 0 fully saturated rings. The van der Waals surface area contributed by atoms with Crippen LogP contribution >= 0.6 is 8.58 Å². The second-order valence-corrected chi connectivity index (χ2v) is 16.1. The van der Waals surface area contributed by atoms with E-state index in [9.17, 15) is 33.7 Å².